The van der Waals surface area contributed by atoms with Crippen LogP contribution in [0.1, 0.15) is 63.5 Å². The van der Waals surface area contributed by atoms with E-state index in [0.29, 0.717) is 12.8 Å². The molecule has 0 saturated heterocycles. The molecule has 3 N–H and O–H groups in total. The lowest BCUT2D eigenvalue weighted by Crippen LogP contribution is -2.60. The zero-order chi connectivity index (χ0) is 25.2. The van der Waals surface area contributed by atoms with E-state index in [1.165, 1.54) is 0 Å². The first-order chi connectivity index (χ1) is 16.7. The molecule has 1 saturated carbocycles. The van der Waals surface area contributed by atoms with Crippen LogP contribution < -0.4 is 10.6 Å². The molecule has 1 fully saturated rings. The van der Waals surface area contributed by atoms with Crippen LogP contribution in [0, 0.1) is 11.8 Å². The number of rotatable bonds is 7. The van der Waals surface area contributed by atoms with Gasteiger partial charge in [-0.15, -0.1) is 0 Å². The van der Waals surface area contributed by atoms with Gasteiger partial charge in [-0.25, -0.2) is 4.79 Å². The van der Waals surface area contributed by atoms with Crippen LogP contribution in [0.5, 0.6) is 0 Å². The second-order valence-electron chi connectivity index (χ2n) is 10.2. The lowest BCUT2D eigenvalue weighted by atomic mass is 9.73. The Morgan fingerprint density at radius 3 is 2.20 bits per heavy atom. The number of carboxylic acids is 1. The number of hydrogen-bond donors (Lipinski definition) is 3. The van der Waals surface area contributed by atoms with E-state index in [-0.39, 0.29) is 24.3 Å². The molecule has 0 bridgehead atoms. The summed E-state index contributed by atoms with van der Waals surface area (Å²) < 4.78 is 5.62. The number of carbonyl (C=O) groups excluding carboxylic acids is 2. The van der Waals surface area contributed by atoms with E-state index in [9.17, 15) is 19.5 Å². The third-order valence-electron chi connectivity index (χ3n) is 7.48. The van der Waals surface area contributed by atoms with Gasteiger partial charge in [0.05, 0.1) is 11.5 Å². The number of nitrogens with one attached hydrogen (secondary N) is 2. The van der Waals surface area contributed by atoms with Gasteiger partial charge in [0.25, 0.3) is 0 Å². The topological polar surface area (TPSA) is 105 Å². The molecule has 2 aromatic rings. The van der Waals surface area contributed by atoms with Gasteiger partial charge in [0.2, 0.25) is 5.91 Å². The predicted molar refractivity (Wildman–Crippen MR) is 133 cm³/mol. The zero-order valence-electron chi connectivity index (χ0n) is 20.5. The first kappa shape index (κ1) is 24.8. The van der Waals surface area contributed by atoms with Gasteiger partial charge in [0.15, 0.2) is 0 Å². The van der Waals surface area contributed by atoms with Gasteiger partial charge in [-0.1, -0.05) is 75.2 Å². The van der Waals surface area contributed by atoms with Gasteiger partial charge >= 0.3 is 12.1 Å². The third kappa shape index (κ3) is 5.04. The van der Waals surface area contributed by atoms with Crippen molar-refractivity contribution >= 4 is 18.0 Å². The fourth-order valence-electron chi connectivity index (χ4n) is 5.54. The Morgan fingerprint density at radius 1 is 1.03 bits per heavy atom. The largest absolute Gasteiger partial charge is 0.481 e. The summed E-state index contributed by atoms with van der Waals surface area (Å²) in [5, 5.41) is 15.3. The smallest absolute Gasteiger partial charge is 0.407 e. The number of amides is 2. The van der Waals surface area contributed by atoms with Crippen LogP contribution in [0.4, 0.5) is 4.79 Å². The van der Waals surface area contributed by atoms with Gasteiger partial charge in [0.1, 0.15) is 12.6 Å². The number of fused-ring (bicyclic) bond motifs is 3. The number of carboxylic acid groups (broad SMARTS) is 1. The van der Waals surface area contributed by atoms with E-state index in [2.05, 4.69) is 34.9 Å². The van der Waals surface area contributed by atoms with Crippen molar-refractivity contribution in [1.82, 2.24) is 10.6 Å². The molecule has 35 heavy (non-hydrogen) atoms. The van der Waals surface area contributed by atoms with Crippen LogP contribution in [-0.4, -0.2) is 41.3 Å². The van der Waals surface area contributed by atoms with E-state index in [1.807, 2.05) is 38.1 Å². The Balaban J connectivity index is 1.42. The quantitative estimate of drug-likeness (QED) is 0.535. The van der Waals surface area contributed by atoms with Crippen molar-refractivity contribution in [2.45, 2.75) is 64.0 Å². The van der Waals surface area contributed by atoms with Gasteiger partial charge in [-0.05, 0) is 47.9 Å². The Hall–Kier alpha value is -3.35. The van der Waals surface area contributed by atoms with Crippen molar-refractivity contribution in [3.63, 3.8) is 0 Å². The normalized spacial score (nSPS) is 22.1. The molecule has 2 aromatic carbocycles. The molecule has 0 radical (unpaired) electrons. The van der Waals surface area contributed by atoms with E-state index < -0.39 is 29.6 Å². The zero-order valence-corrected chi connectivity index (χ0v) is 20.5. The summed E-state index contributed by atoms with van der Waals surface area (Å²) in [5.74, 6) is -2.22. The number of benzene rings is 2. The third-order valence-corrected chi connectivity index (χ3v) is 7.48. The maximum absolute atomic E-state index is 13.2. The van der Waals surface area contributed by atoms with E-state index >= 15 is 0 Å². The summed E-state index contributed by atoms with van der Waals surface area (Å²) in [6, 6.07) is 15.4. The van der Waals surface area contributed by atoms with Crippen LogP contribution in [0.25, 0.3) is 11.1 Å². The molecule has 2 aliphatic carbocycles. The van der Waals surface area contributed by atoms with E-state index in [4.69, 9.17) is 4.74 Å². The van der Waals surface area contributed by atoms with Gasteiger partial charge in [-0.3, -0.25) is 9.59 Å². The fourth-order valence-corrected chi connectivity index (χ4v) is 5.54. The SMILES string of the molecule is CC(C)[C@H](NC(=O)OCC1c2ccccc2-c2ccccc21)C(=O)NC1(C)CCCCC1C(=O)O. The van der Waals surface area contributed by atoms with Gasteiger partial charge in [-0.2, -0.15) is 0 Å². The highest BCUT2D eigenvalue weighted by Crippen LogP contribution is 2.44. The maximum Gasteiger partial charge on any atom is 0.407 e. The van der Waals surface area contributed by atoms with Crippen molar-refractivity contribution in [3.05, 3.63) is 59.7 Å². The van der Waals surface area contributed by atoms with Crippen molar-refractivity contribution in [1.29, 1.82) is 0 Å². The number of carbonyl (C=O) groups is 3. The molecule has 2 amide bonds. The first-order valence-electron chi connectivity index (χ1n) is 12.4. The summed E-state index contributed by atoms with van der Waals surface area (Å²) in [4.78, 5) is 37.7. The maximum atomic E-state index is 13.2. The standard InChI is InChI=1S/C28H34N2O5/c1-17(2)24(25(31)30-28(3)15-9-8-14-23(28)26(32)33)29-27(34)35-16-22-20-12-6-4-10-18(20)19-11-5-7-13-21(19)22/h4-7,10-13,17,22-24H,8-9,14-16H2,1-3H3,(H,29,34)(H,30,31)(H,32,33)/t23?,24-,28?/m0/s1. The monoisotopic (exact) mass is 478 g/mol. The van der Waals surface area contributed by atoms with E-state index in [0.717, 1.165) is 35.1 Å². The van der Waals surface area contributed by atoms with Crippen LogP contribution in [0.3, 0.4) is 0 Å². The average molecular weight is 479 g/mol. The van der Waals surface area contributed by atoms with Crippen LogP contribution in [0.2, 0.25) is 0 Å². The highest BCUT2D eigenvalue weighted by Gasteiger charge is 2.43. The lowest BCUT2D eigenvalue weighted by molar-refractivity contribution is -0.147. The molecule has 0 aromatic heterocycles. The Bertz CT molecular complexity index is 1070. The number of hydrogen-bond acceptors (Lipinski definition) is 4. The number of ether oxygens (including phenoxy) is 1. The highest BCUT2D eigenvalue weighted by molar-refractivity contribution is 5.87. The van der Waals surface area contributed by atoms with Gasteiger partial charge < -0.3 is 20.5 Å². The molecule has 0 spiro atoms. The first-order valence-corrected chi connectivity index (χ1v) is 12.4. The van der Waals surface area contributed by atoms with Crippen LogP contribution >= 0.6 is 0 Å². The summed E-state index contributed by atoms with van der Waals surface area (Å²) >= 11 is 0. The Kier molecular flexibility index (Phi) is 7.15. The van der Waals surface area contributed by atoms with Crippen LogP contribution in [0.15, 0.2) is 48.5 Å². The summed E-state index contributed by atoms with van der Waals surface area (Å²) in [7, 11) is 0. The molecular weight excluding hydrogens is 444 g/mol. The number of alkyl carbamates (subject to hydrolysis) is 1. The lowest BCUT2D eigenvalue weighted by Gasteiger charge is -2.41. The summed E-state index contributed by atoms with van der Waals surface area (Å²) in [6.07, 6.45) is 2.13. The molecule has 3 atom stereocenters. The minimum absolute atomic E-state index is 0.0723. The van der Waals surface area contributed by atoms with Crippen molar-refractivity contribution < 1.29 is 24.2 Å². The molecule has 2 unspecified atom stereocenters. The minimum Gasteiger partial charge on any atom is -0.481 e. The fraction of sp³-hybridized carbons (Fsp3) is 0.464. The Labute approximate surface area is 206 Å². The highest BCUT2D eigenvalue weighted by atomic mass is 16.5. The molecule has 186 valence electrons. The summed E-state index contributed by atoms with van der Waals surface area (Å²) in [5.41, 5.74) is 3.67. The predicted octanol–water partition coefficient (Wildman–Crippen LogP) is 4.70. The Morgan fingerprint density at radius 2 is 1.63 bits per heavy atom. The second kappa shape index (κ2) is 10.1. The van der Waals surface area contributed by atoms with Crippen molar-refractivity contribution in [3.8, 4) is 11.1 Å². The van der Waals surface area contributed by atoms with Gasteiger partial charge in [0, 0.05) is 5.92 Å². The summed E-state index contributed by atoms with van der Waals surface area (Å²) in [6.45, 7) is 5.62. The number of aliphatic carboxylic acids is 1. The average Bonchev–Trinajstić information content (AvgIpc) is 3.14. The van der Waals surface area contributed by atoms with E-state index in [1.54, 1.807) is 6.92 Å². The molecule has 4 rings (SSSR count). The molecule has 0 aliphatic heterocycles. The molecule has 2 aliphatic rings. The van der Waals surface area contributed by atoms with Crippen molar-refractivity contribution in [2.75, 3.05) is 6.61 Å². The second-order valence-corrected chi connectivity index (χ2v) is 10.2. The van der Waals surface area contributed by atoms with Crippen LogP contribution in [-0.2, 0) is 14.3 Å². The van der Waals surface area contributed by atoms with Crippen molar-refractivity contribution in [2.24, 2.45) is 11.8 Å². The molecule has 0 heterocycles. The molecular formula is C28H34N2O5. The molecule has 7 nitrogen and oxygen atoms in total. The minimum atomic E-state index is -0.905. The molecule has 7 heteroatoms.